The van der Waals surface area contributed by atoms with E-state index in [0.29, 0.717) is 6.04 Å². The van der Waals surface area contributed by atoms with Gasteiger partial charge in [0, 0.05) is 11.6 Å². The lowest BCUT2D eigenvalue weighted by atomic mass is 9.75. The molecule has 0 saturated heterocycles. The molecule has 0 fully saturated rings. The van der Waals surface area contributed by atoms with Gasteiger partial charge in [0.25, 0.3) is 0 Å². The van der Waals surface area contributed by atoms with Crippen LogP contribution < -0.4 is 5.73 Å². The van der Waals surface area contributed by atoms with Crippen LogP contribution in [-0.4, -0.2) is 9.78 Å². The molecule has 0 radical (unpaired) electrons. The number of nitrogens with two attached hydrogens (primary N) is 1. The van der Waals surface area contributed by atoms with Crippen LogP contribution in [0.25, 0.3) is 0 Å². The van der Waals surface area contributed by atoms with Crippen LogP contribution in [0.4, 0.5) is 5.82 Å². The zero-order valence-electron chi connectivity index (χ0n) is 10.2. The van der Waals surface area contributed by atoms with E-state index in [1.807, 2.05) is 4.68 Å². The molecule has 3 heteroatoms. The van der Waals surface area contributed by atoms with Gasteiger partial charge < -0.3 is 5.73 Å². The zero-order valence-corrected chi connectivity index (χ0v) is 10.2. The van der Waals surface area contributed by atoms with Gasteiger partial charge in [0.2, 0.25) is 0 Å². The summed E-state index contributed by atoms with van der Waals surface area (Å²) in [6.07, 6.45) is 3.53. The standard InChI is InChI=1S/C12H21N3/c1-8(2)15-11(13)10-9(14-15)6-5-7-12(10,3)4/h8H,5-7,13H2,1-4H3. The number of anilines is 1. The maximum atomic E-state index is 6.20. The molecule has 0 atom stereocenters. The summed E-state index contributed by atoms with van der Waals surface area (Å²) in [5.74, 6) is 0.879. The summed E-state index contributed by atoms with van der Waals surface area (Å²) in [5, 5.41) is 4.64. The Kier molecular flexibility index (Phi) is 2.28. The number of aromatic nitrogens is 2. The predicted octanol–water partition coefficient (Wildman–Crippen LogP) is 2.66. The van der Waals surface area contributed by atoms with E-state index in [-0.39, 0.29) is 5.41 Å². The molecule has 2 rings (SSSR count). The Labute approximate surface area is 91.7 Å². The second kappa shape index (κ2) is 3.26. The third-order valence-electron chi connectivity index (χ3n) is 3.40. The van der Waals surface area contributed by atoms with Crippen molar-refractivity contribution >= 4 is 5.82 Å². The molecule has 0 saturated carbocycles. The minimum atomic E-state index is 0.199. The van der Waals surface area contributed by atoms with Crippen molar-refractivity contribution in [2.24, 2.45) is 0 Å². The van der Waals surface area contributed by atoms with Crippen LogP contribution in [0.2, 0.25) is 0 Å². The van der Waals surface area contributed by atoms with Crippen molar-refractivity contribution in [3.8, 4) is 0 Å². The summed E-state index contributed by atoms with van der Waals surface area (Å²) in [6, 6.07) is 0.353. The van der Waals surface area contributed by atoms with Crippen molar-refractivity contribution in [2.45, 2.75) is 58.4 Å². The molecule has 0 amide bonds. The zero-order chi connectivity index (χ0) is 11.2. The van der Waals surface area contributed by atoms with E-state index in [0.717, 1.165) is 12.2 Å². The van der Waals surface area contributed by atoms with E-state index in [1.54, 1.807) is 0 Å². The van der Waals surface area contributed by atoms with E-state index in [4.69, 9.17) is 5.73 Å². The third-order valence-corrected chi connectivity index (χ3v) is 3.40. The van der Waals surface area contributed by atoms with Crippen molar-refractivity contribution in [1.29, 1.82) is 0 Å². The molecule has 15 heavy (non-hydrogen) atoms. The number of rotatable bonds is 1. The lowest BCUT2D eigenvalue weighted by Gasteiger charge is -2.29. The maximum Gasteiger partial charge on any atom is 0.126 e. The number of hydrogen-bond donors (Lipinski definition) is 1. The summed E-state index contributed by atoms with van der Waals surface area (Å²) >= 11 is 0. The molecule has 84 valence electrons. The first kappa shape index (κ1) is 10.5. The largest absolute Gasteiger partial charge is 0.384 e. The molecular weight excluding hydrogens is 186 g/mol. The molecule has 0 spiro atoms. The van der Waals surface area contributed by atoms with E-state index in [9.17, 15) is 0 Å². The van der Waals surface area contributed by atoms with E-state index < -0.39 is 0 Å². The van der Waals surface area contributed by atoms with Gasteiger partial charge in [-0.3, -0.25) is 0 Å². The summed E-state index contributed by atoms with van der Waals surface area (Å²) < 4.78 is 1.97. The Balaban J connectivity index is 2.57. The minimum Gasteiger partial charge on any atom is -0.384 e. The van der Waals surface area contributed by atoms with E-state index in [1.165, 1.54) is 24.1 Å². The normalized spacial score (nSPS) is 19.3. The maximum absolute atomic E-state index is 6.20. The van der Waals surface area contributed by atoms with Crippen LogP contribution in [0.3, 0.4) is 0 Å². The highest BCUT2D eigenvalue weighted by molar-refractivity contribution is 5.49. The fourth-order valence-electron chi connectivity index (χ4n) is 2.63. The second-order valence-corrected chi connectivity index (χ2v) is 5.48. The van der Waals surface area contributed by atoms with Gasteiger partial charge in [-0.15, -0.1) is 0 Å². The van der Waals surface area contributed by atoms with Crippen LogP contribution in [0.15, 0.2) is 0 Å². The summed E-state index contributed by atoms with van der Waals surface area (Å²) in [4.78, 5) is 0. The van der Waals surface area contributed by atoms with E-state index >= 15 is 0 Å². The van der Waals surface area contributed by atoms with Crippen LogP contribution in [0.1, 0.15) is 57.8 Å². The van der Waals surface area contributed by atoms with Gasteiger partial charge >= 0.3 is 0 Å². The van der Waals surface area contributed by atoms with Gasteiger partial charge in [-0.25, -0.2) is 4.68 Å². The third kappa shape index (κ3) is 1.54. The average Bonchev–Trinajstić information content (AvgIpc) is 2.43. The quantitative estimate of drug-likeness (QED) is 0.769. The molecule has 1 aliphatic rings. The summed E-state index contributed by atoms with van der Waals surface area (Å²) in [7, 11) is 0. The van der Waals surface area contributed by atoms with Crippen molar-refractivity contribution < 1.29 is 0 Å². The van der Waals surface area contributed by atoms with Gasteiger partial charge in [0.1, 0.15) is 5.82 Å². The monoisotopic (exact) mass is 207 g/mol. The fraction of sp³-hybridized carbons (Fsp3) is 0.750. The predicted molar refractivity (Wildman–Crippen MR) is 63.0 cm³/mol. The first-order valence-corrected chi connectivity index (χ1v) is 5.81. The first-order valence-electron chi connectivity index (χ1n) is 5.81. The van der Waals surface area contributed by atoms with Crippen molar-refractivity contribution in [3.63, 3.8) is 0 Å². The molecule has 1 aromatic rings. The van der Waals surface area contributed by atoms with Crippen LogP contribution in [0, 0.1) is 0 Å². The van der Waals surface area contributed by atoms with Crippen molar-refractivity contribution in [3.05, 3.63) is 11.3 Å². The first-order chi connectivity index (χ1) is 6.93. The highest BCUT2D eigenvalue weighted by Crippen LogP contribution is 2.40. The SMILES string of the molecule is CC(C)n1nc2c(c1N)C(C)(C)CCC2. The molecule has 1 aliphatic carbocycles. The Hall–Kier alpha value is -0.990. The molecular formula is C12H21N3. The van der Waals surface area contributed by atoms with Crippen LogP contribution >= 0.6 is 0 Å². The number of aryl methyl sites for hydroxylation is 1. The minimum absolute atomic E-state index is 0.199. The molecule has 0 bridgehead atoms. The Morgan fingerprint density at radius 2 is 2.07 bits per heavy atom. The molecule has 0 aliphatic heterocycles. The van der Waals surface area contributed by atoms with Gasteiger partial charge in [0.05, 0.1) is 5.69 Å². The fourth-order valence-corrected chi connectivity index (χ4v) is 2.63. The molecule has 1 heterocycles. The van der Waals surface area contributed by atoms with Gasteiger partial charge in [-0.1, -0.05) is 13.8 Å². The highest BCUT2D eigenvalue weighted by atomic mass is 15.3. The lowest BCUT2D eigenvalue weighted by molar-refractivity contribution is 0.431. The number of hydrogen-bond acceptors (Lipinski definition) is 2. The van der Waals surface area contributed by atoms with E-state index in [2.05, 4.69) is 32.8 Å². The Bertz CT molecular complexity index is 374. The van der Waals surface area contributed by atoms with Crippen molar-refractivity contribution in [1.82, 2.24) is 9.78 Å². The van der Waals surface area contributed by atoms with Crippen LogP contribution in [0.5, 0.6) is 0 Å². The molecule has 3 nitrogen and oxygen atoms in total. The van der Waals surface area contributed by atoms with Gasteiger partial charge in [-0.2, -0.15) is 5.10 Å². The summed E-state index contributed by atoms with van der Waals surface area (Å²) in [6.45, 7) is 8.80. The smallest absolute Gasteiger partial charge is 0.126 e. The van der Waals surface area contributed by atoms with Gasteiger partial charge in [0.15, 0.2) is 0 Å². The number of nitrogens with zero attached hydrogens (tertiary/aromatic N) is 2. The topological polar surface area (TPSA) is 43.8 Å². The molecule has 1 aromatic heterocycles. The number of fused-ring (bicyclic) bond motifs is 1. The van der Waals surface area contributed by atoms with Crippen LogP contribution in [-0.2, 0) is 11.8 Å². The Morgan fingerprint density at radius 1 is 1.40 bits per heavy atom. The molecule has 0 aromatic carbocycles. The molecule has 2 N–H and O–H groups in total. The molecule has 0 unspecified atom stereocenters. The van der Waals surface area contributed by atoms with Gasteiger partial charge in [-0.05, 0) is 38.5 Å². The number of nitrogen functional groups attached to an aromatic ring is 1. The highest BCUT2D eigenvalue weighted by Gasteiger charge is 2.33. The van der Waals surface area contributed by atoms with Crippen molar-refractivity contribution in [2.75, 3.05) is 5.73 Å². The summed E-state index contributed by atoms with van der Waals surface area (Å²) in [5.41, 5.74) is 8.91. The Morgan fingerprint density at radius 3 is 2.60 bits per heavy atom. The lowest BCUT2D eigenvalue weighted by Crippen LogP contribution is -2.24. The second-order valence-electron chi connectivity index (χ2n) is 5.48. The average molecular weight is 207 g/mol.